The van der Waals surface area contributed by atoms with Gasteiger partial charge in [0.05, 0.1) is 16.4 Å². The fraction of sp³-hybridized carbons (Fsp3) is 0.286. The molecule has 0 aliphatic carbocycles. The van der Waals surface area contributed by atoms with E-state index in [4.69, 9.17) is 4.98 Å². The average Bonchev–Trinajstić information content (AvgIpc) is 3.09. The summed E-state index contributed by atoms with van der Waals surface area (Å²) in [4.78, 5) is 22.5. The quantitative estimate of drug-likeness (QED) is 0.562. The number of anilines is 1. The lowest BCUT2D eigenvalue weighted by Gasteiger charge is -2.27. The van der Waals surface area contributed by atoms with Crippen LogP contribution in [0.2, 0.25) is 0 Å². The highest BCUT2D eigenvalue weighted by molar-refractivity contribution is 5.90. The summed E-state index contributed by atoms with van der Waals surface area (Å²) in [6, 6.07) is 10.1. The largest absolute Gasteiger partial charge is 0.340 e. The Bertz CT molecular complexity index is 1250. The summed E-state index contributed by atoms with van der Waals surface area (Å²) in [5.41, 5.74) is 4.83. The minimum Gasteiger partial charge on any atom is -0.340 e. The fourth-order valence-corrected chi connectivity index (χ4v) is 3.93. The minimum absolute atomic E-state index is 0.0976. The SMILES string of the molecule is Cc1cc(-c2ccc3nc(N4CCNCC4)[nH]c(=O)c3c2)cc2cn(C)nc12. The molecule has 0 amide bonds. The zero-order chi connectivity index (χ0) is 19.3. The van der Waals surface area contributed by atoms with Crippen molar-refractivity contribution in [2.45, 2.75) is 6.92 Å². The van der Waals surface area contributed by atoms with E-state index in [9.17, 15) is 4.79 Å². The number of aryl methyl sites for hydroxylation is 2. The Labute approximate surface area is 162 Å². The van der Waals surface area contributed by atoms with Gasteiger partial charge in [0.2, 0.25) is 5.95 Å². The van der Waals surface area contributed by atoms with Gasteiger partial charge in [-0.2, -0.15) is 5.10 Å². The number of H-pyrrole nitrogens is 1. The van der Waals surface area contributed by atoms with Gasteiger partial charge < -0.3 is 10.2 Å². The molecule has 0 unspecified atom stereocenters. The van der Waals surface area contributed by atoms with E-state index in [2.05, 4.69) is 39.4 Å². The first-order valence-corrected chi connectivity index (χ1v) is 9.52. The van der Waals surface area contributed by atoms with Gasteiger partial charge in [-0.1, -0.05) is 6.07 Å². The number of fused-ring (bicyclic) bond motifs is 2. The summed E-state index contributed by atoms with van der Waals surface area (Å²) in [5.74, 6) is 0.652. The smallest absolute Gasteiger partial charge is 0.260 e. The zero-order valence-electron chi connectivity index (χ0n) is 16.0. The monoisotopic (exact) mass is 374 g/mol. The molecule has 1 saturated heterocycles. The Balaban J connectivity index is 1.60. The van der Waals surface area contributed by atoms with Gasteiger partial charge in [0.25, 0.3) is 5.56 Å². The third-order valence-corrected chi connectivity index (χ3v) is 5.36. The first-order valence-electron chi connectivity index (χ1n) is 9.52. The first kappa shape index (κ1) is 16.9. The Hall–Kier alpha value is -3.19. The van der Waals surface area contributed by atoms with Crippen molar-refractivity contribution < 1.29 is 0 Å². The van der Waals surface area contributed by atoms with E-state index < -0.39 is 0 Å². The van der Waals surface area contributed by atoms with Crippen LogP contribution in [-0.4, -0.2) is 45.9 Å². The van der Waals surface area contributed by atoms with Crippen LogP contribution >= 0.6 is 0 Å². The molecule has 0 saturated carbocycles. The van der Waals surface area contributed by atoms with Crippen molar-refractivity contribution >= 4 is 27.8 Å². The van der Waals surface area contributed by atoms with Crippen LogP contribution in [0.25, 0.3) is 32.9 Å². The van der Waals surface area contributed by atoms with Crippen molar-refractivity contribution in [3.8, 4) is 11.1 Å². The maximum Gasteiger partial charge on any atom is 0.260 e. The van der Waals surface area contributed by atoms with Crippen LogP contribution in [0, 0.1) is 6.92 Å². The number of nitrogens with one attached hydrogen (secondary N) is 2. The van der Waals surface area contributed by atoms with E-state index in [1.54, 1.807) is 0 Å². The third kappa shape index (κ3) is 2.84. The molecule has 0 spiro atoms. The molecule has 0 atom stereocenters. The van der Waals surface area contributed by atoms with Crippen molar-refractivity contribution in [1.82, 2.24) is 25.1 Å². The molecule has 0 radical (unpaired) electrons. The van der Waals surface area contributed by atoms with E-state index >= 15 is 0 Å². The fourth-order valence-electron chi connectivity index (χ4n) is 3.93. The van der Waals surface area contributed by atoms with Crippen LogP contribution in [0.1, 0.15) is 5.56 Å². The van der Waals surface area contributed by atoms with Crippen molar-refractivity contribution in [3.63, 3.8) is 0 Å². The highest BCUT2D eigenvalue weighted by Crippen LogP contribution is 2.28. The minimum atomic E-state index is -0.0976. The number of nitrogens with zero attached hydrogens (tertiary/aromatic N) is 4. The molecule has 5 rings (SSSR count). The van der Waals surface area contributed by atoms with Crippen molar-refractivity contribution in [2.24, 2.45) is 7.05 Å². The standard InChI is InChI=1S/C21H22N6O/c1-13-9-15(10-16-12-26(2)25-19(13)16)14-3-4-18-17(11-14)20(28)24-21(23-18)27-7-5-22-6-8-27/h3-4,9-12,22H,5-8H2,1-2H3,(H,23,24,28). The van der Waals surface area contributed by atoms with Gasteiger partial charge in [-0.25, -0.2) is 4.98 Å². The van der Waals surface area contributed by atoms with Gasteiger partial charge in [-0.3, -0.25) is 14.5 Å². The second kappa shape index (κ2) is 6.45. The Kier molecular flexibility index (Phi) is 3.91. The number of aromatic nitrogens is 4. The molecule has 1 aliphatic heterocycles. The summed E-state index contributed by atoms with van der Waals surface area (Å²) in [6.45, 7) is 5.55. The molecule has 142 valence electrons. The maximum atomic E-state index is 12.8. The molecule has 2 aromatic carbocycles. The predicted octanol–water partition coefficient (Wildman–Crippen LogP) is 2.19. The van der Waals surface area contributed by atoms with E-state index in [0.717, 1.165) is 59.3 Å². The molecule has 7 heteroatoms. The number of piperazine rings is 1. The lowest BCUT2D eigenvalue weighted by atomic mass is 10.00. The van der Waals surface area contributed by atoms with Crippen molar-refractivity contribution in [2.75, 3.05) is 31.1 Å². The maximum absolute atomic E-state index is 12.8. The van der Waals surface area contributed by atoms with Crippen molar-refractivity contribution in [1.29, 1.82) is 0 Å². The summed E-state index contributed by atoms with van der Waals surface area (Å²) < 4.78 is 1.83. The summed E-state index contributed by atoms with van der Waals surface area (Å²) in [7, 11) is 1.93. The van der Waals surface area contributed by atoms with Crippen LogP contribution in [0.4, 0.5) is 5.95 Å². The van der Waals surface area contributed by atoms with Crippen molar-refractivity contribution in [3.05, 3.63) is 52.4 Å². The van der Waals surface area contributed by atoms with Gasteiger partial charge in [0.1, 0.15) is 0 Å². The number of rotatable bonds is 2. The van der Waals surface area contributed by atoms with Gasteiger partial charge in [0, 0.05) is 44.8 Å². The molecule has 1 fully saturated rings. The molecule has 2 aromatic heterocycles. The lowest BCUT2D eigenvalue weighted by Crippen LogP contribution is -2.44. The second-order valence-electron chi connectivity index (χ2n) is 7.39. The highest BCUT2D eigenvalue weighted by atomic mass is 16.1. The molecule has 3 heterocycles. The lowest BCUT2D eigenvalue weighted by molar-refractivity contribution is 0.580. The van der Waals surface area contributed by atoms with Crippen LogP contribution < -0.4 is 15.8 Å². The molecule has 2 N–H and O–H groups in total. The van der Waals surface area contributed by atoms with E-state index in [0.29, 0.717) is 11.3 Å². The Morgan fingerprint density at radius 2 is 1.89 bits per heavy atom. The number of aromatic amines is 1. The molecular formula is C21H22N6O. The molecule has 1 aliphatic rings. The van der Waals surface area contributed by atoms with Crippen LogP contribution in [-0.2, 0) is 7.05 Å². The summed E-state index contributed by atoms with van der Waals surface area (Å²) in [5, 5.41) is 9.53. The van der Waals surface area contributed by atoms with Gasteiger partial charge >= 0.3 is 0 Å². The topological polar surface area (TPSA) is 78.8 Å². The van der Waals surface area contributed by atoms with E-state index in [1.807, 2.05) is 36.1 Å². The molecule has 28 heavy (non-hydrogen) atoms. The van der Waals surface area contributed by atoms with Gasteiger partial charge in [0.15, 0.2) is 0 Å². The molecule has 0 bridgehead atoms. The Morgan fingerprint density at radius 3 is 2.71 bits per heavy atom. The molecular weight excluding hydrogens is 352 g/mol. The zero-order valence-corrected chi connectivity index (χ0v) is 16.0. The van der Waals surface area contributed by atoms with E-state index in [1.165, 1.54) is 0 Å². The van der Waals surface area contributed by atoms with E-state index in [-0.39, 0.29) is 5.56 Å². The van der Waals surface area contributed by atoms with Gasteiger partial charge in [-0.15, -0.1) is 0 Å². The summed E-state index contributed by atoms with van der Waals surface area (Å²) >= 11 is 0. The number of benzene rings is 2. The number of hydrogen-bond acceptors (Lipinski definition) is 5. The molecule has 7 nitrogen and oxygen atoms in total. The average molecular weight is 374 g/mol. The molecule has 4 aromatic rings. The second-order valence-corrected chi connectivity index (χ2v) is 7.39. The first-order chi connectivity index (χ1) is 13.6. The number of hydrogen-bond donors (Lipinski definition) is 2. The highest BCUT2D eigenvalue weighted by Gasteiger charge is 2.15. The van der Waals surface area contributed by atoms with Crippen LogP contribution in [0.3, 0.4) is 0 Å². The Morgan fingerprint density at radius 1 is 1.07 bits per heavy atom. The van der Waals surface area contributed by atoms with Crippen LogP contribution in [0.5, 0.6) is 0 Å². The van der Waals surface area contributed by atoms with Crippen LogP contribution in [0.15, 0.2) is 41.3 Å². The normalized spacial score (nSPS) is 14.9. The van der Waals surface area contributed by atoms with Gasteiger partial charge in [-0.05, 0) is 47.9 Å². The summed E-state index contributed by atoms with van der Waals surface area (Å²) in [6.07, 6.45) is 2.01. The predicted molar refractivity (Wildman–Crippen MR) is 112 cm³/mol. The third-order valence-electron chi connectivity index (χ3n) is 5.36.